The van der Waals surface area contributed by atoms with Gasteiger partial charge in [0, 0.05) is 19.8 Å². The number of ether oxygens (including phenoxy) is 2. The van der Waals surface area contributed by atoms with Crippen LogP contribution < -0.4 is 5.32 Å². The van der Waals surface area contributed by atoms with Crippen LogP contribution in [0.1, 0.15) is 24.3 Å². The molecule has 0 spiro atoms. The minimum Gasteiger partial charge on any atom is -0.379 e. The first kappa shape index (κ1) is 14.2. The first-order valence-electron chi connectivity index (χ1n) is 6.35. The van der Waals surface area contributed by atoms with Gasteiger partial charge in [0.1, 0.15) is 9.34 Å². The lowest BCUT2D eigenvalue weighted by Gasteiger charge is -2.09. The van der Waals surface area contributed by atoms with Crippen molar-refractivity contribution >= 4 is 22.9 Å². The second kappa shape index (κ2) is 8.07. The molecule has 1 N–H and O–H groups in total. The molecular weight excluding hydrogens is 272 g/mol. The fraction of sp³-hybridized carbons (Fsp3) is 0.750. The average Bonchev–Trinajstić information content (AvgIpc) is 3.00. The predicted molar refractivity (Wildman–Crippen MR) is 73.2 cm³/mol. The van der Waals surface area contributed by atoms with Gasteiger partial charge < -0.3 is 14.8 Å². The second-order valence-corrected chi connectivity index (χ2v) is 6.04. The molecule has 6 heteroatoms. The molecule has 1 aliphatic heterocycles. The number of halogens is 1. The Morgan fingerprint density at radius 3 is 3.28 bits per heavy atom. The largest absolute Gasteiger partial charge is 0.379 e. The lowest BCUT2D eigenvalue weighted by atomic mass is 10.2. The summed E-state index contributed by atoms with van der Waals surface area (Å²) in [6, 6.07) is 0. The molecule has 4 nitrogen and oxygen atoms in total. The Kier molecular flexibility index (Phi) is 6.37. The molecule has 0 aromatic carbocycles. The highest BCUT2D eigenvalue weighted by molar-refractivity contribution is 7.15. The van der Waals surface area contributed by atoms with Crippen LogP contribution in [-0.4, -0.2) is 37.5 Å². The molecule has 1 unspecified atom stereocenters. The van der Waals surface area contributed by atoms with Crippen molar-refractivity contribution in [1.29, 1.82) is 0 Å². The van der Waals surface area contributed by atoms with Crippen molar-refractivity contribution in [2.75, 3.05) is 26.4 Å². The Hall–Kier alpha value is -0.200. The molecule has 1 aromatic rings. The summed E-state index contributed by atoms with van der Waals surface area (Å²) in [5, 5.41) is 4.35. The van der Waals surface area contributed by atoms with Crippen molar-refractivity contribution < 1.29 is 9.47 Å². The van der Waals surface area contributed by atoms with Gasteiger partial charge in [-0.3, -0.25) is 0 Å². The third kappa shape index (κ3) is 5.20. The molecule has 0 radical (unpaired) electrons. The number of hydrogen-bond acceptors (Lipinski definition) is 5. The Bertz CT molecular complexity index is 343. The molecule has 1 aromatic heterocycles. The van der Waals surface area contributed by atoms with Gasteiger partial charge in [-0.2, -0.15) is 0 Å². The quantitative estimate of drug-likeness (QED) is 0.747. The molecule has 1 saturated heterocycles. The van der Waals surface area contributed by atoms with Gasteiger partial charge in [0.05, 0.1) is 18.9 Å². The van der Waals surface area contributed by atoms with Crippen LogP contribution >= 0.6 is 22.9 Å². The summed E-state index contributed by atoms with van der Waals surface area (Å²) in [6.45, 7) is 4.13. The second-order valence-electron chi connectivity index (χ2n) is 4.30. The molecule has 0 aliphatic carbocycles. The third-order valence-electron chi connectivity index (χ3n) is 2.77. The van der Waals surface area contributed by atoms with Crippen LogP contribution in [0.2, 0.25) is 4.34 Å². The zero-order valence-corrected chi connectivity index (χ0v) is 11.9. The molecule has 0 saturated carbocycles. The molecule has 102 valence electrons. The highest BCUT2D eigenvalue weighted by Crippen LogP contribution is 2.17. The highest BCUT2D eigenvalue weighted by atomic mass is 35.5. The number of nitrogens with zero attached hydrogens (tertiary/aromatic N) is 1. The minimum atomic E-state index is 0.329. The molecule has 0 bridgehead atoms. The van der Waals surface area contributed by atoms with Crippen molar-refractivity contribution in [2.45, 2.75) is 31.9 Å². The first-order valence-corrected chi connectivity index (χ1v) is 7.54. The van der Waals surface area contributed by atoms with Gasteiger partial charge in [-0.15, -0.1) is 11.3 Å². The predicted octanol–water partition coefficient (Wildman–Crippen LogP) is 2.47. The van der Waals surface area contributed by atoms with Gasteiger partial charge in [-0.25, -0.2) is 4.98 Å². The normalized spacial score (nSPS) is 19.5. The fourth-order valence-corrected chi connectivity index (χ4v) is 2.78. The van der Waals surface area contributed by atoms with E-state index in [1.165, 1.54) is 17.8 Å². The van der Waals surface area contributed by atoms with E-state index in [2.05, 4.69) is 10.3 Å². The number of hydrogen-bond donors (Lipinski definition) is 1. The maximum atomic E-state index is 5.80. The summed E-state index contributed by atoms with van der Waals surface area (Å²) >= 11 is 7.32. The van der Waals surface area contributed by atoms with Crippen LogP contribution in [0.3, 0.4) is 0 Å². The third-order valence-corrected chi connectivity index (χ3v) is 3.89. The van der Waals surface area contributed by atoms with Gasteiger partial charge >= 0.3 is 0 Å². The summed E-state index contributed by atoms with van der Waals surface area (Å²) in [5.41, 5.74) is 0. The Labute approximate surface area is 117 Å². The van der Waals surface area contributed by atoms with Crippen LogP contribution in [0.15, 0.2) is 6.20 Å². The van der Waals surface area contributed by atoms with Crippen molar-refractivity contribution in [1.82, 2.24) is 10.3 Å². The zero-order chi connectivity index (χ0) is 12.6. The van der Waals surface area contributed by atoms with Crippen LogP contribution in [-0.2, 0) is 16.0 Å². The van der Waals surface area contributed by atoms with E-state index in [4.69, 9.17) is 21.1 Å². The van der Waals surface area contributed by atoms with Crippen molar-refractivity contribution in [3.05, 3.63) is 15.5 Å². The maximum absolute atomic E-state index is 5.80. The van der Waals surface area contributed by atoms with Gasteiger partial charge in [0.15, 0.2) is 0 Å². The van der Waals surface area contributed by atoms with E-state index in [0.717, 1.165) is 55.1 Å². The van der Waals surface area contributed by atoms with Gasteiger partial charge in [0.2, 0.25) is 0 Å². The monoisotopic (exact) mass is 290 g/mol. The van der Waals surface area contributed by atoms with Crippen LogP contribution in [0.5, 0.6) is 0 Å². The van der Waals surface area contributed by atoms with E-state index in [9.17, 15) is 0 Å². The number of thiazole rings is 1. The lowest BCUT2D eigenvalue weighted by molar-refractivity contribution is 0.0166. The number of rotatable bonds is 8. The standard InChI is InChI=1S/C12H19ClN2O2S/c13-11-7-15-12(18-11)8-14-4-2-5-16-9-10-3-1-6-17-10/h7,10,14H,1-6,8-9H2. The molecule has 2 rings (SSSR count). The minimum absolute atomic E-state index is 0.329. The van der Waals surface area contributed by atoms with Crippen LogP contribution in [0.4, 0.5) is 0 Å². The van der Waals surface area contributed by atoms with Crippen molar-refractivity contribution in [3.63, 3.8) is 0 Å². The van der Waals surface area contributed by atoms with E-state index in [-0.39, 0.29) is 0 Å². The highest BCUT2D eigenvalue weighted by Gasteiger charge is 2.14. The van der Waals surface area contributed by atoms with E-state index < -0.39 is 0 Å². The SMILES string of the molecule is Clc1cnc(CNCCCOCC2CCCO2)s1. The summed E-state index contributed by atoms with van der Waals surface area (Å²) in [6.07, 6.45) is 5.34. The summed E-state index contributed by atoms with van der Waals surface area (Å²) in [5.74, 6) is 0. The molecule has 2 heterocycles. The summed E-state index contributed by atoms with van der Waals surface area (Å²) in [4.78, 5) is 4.18. The first-order chi connectivity index (χ1) is 8.84. The smallest absolute Gasteiger partial charge is 0.113 e. The molecule has 1 atom stereocenters. The van der Waals surface area contributed by atoms with Gasteiger partial charge in [-0.1, -0.05) is 11.6 Å². The van der Waals surface area contributed by atoms with E-state index in [1.807, 2.05) is 0 Å². The van der Waals surface area contributed by atoms with E-state index in [1.54, 1.807) is 6.20 Å². The Balaban J connectivity index is 1.41. The Morgan fingerprint density at radius 1 is 1.61 bits per heavy atom. The van der Waals surface area contributed by atoms with Crippen LogP contribution in [0.25, 0.3) is 0 Å². The molecule has 0 amide bonds. The number of nitrogens with one attached hydrogen (secondary N) is 1. The molecule has 18 heavy (non-hydrogen) atoms. The fourth-order valence-electron chi connectivity index (χ4n) is 1.85. The Morgan fingerprint density at radius 2 is 2.56 bits per heavy atom. The van der Waals surface area contributed by atoms with Crippen LogP contribution in [0, 0.1) is 0 Å². The van der Waals surface area contributed by atoms with Crippen molar-refractivity contribution in [3.8, 4) is 0 Å². The lowest BCUT2D eigenvalue weighted by Crippen LogP contribution is -2.18. The molecular formula is C12H19ClN2O2S. The van der Waals surface area contributed by atoms with Gasteiger partial charge in [0.25, 0.3) is 0 Å². The van der Waals surface area contributed by atoms with Crippen molar-refractivity contribution in [2.24, 2.45) is 0 Å². The molecule has 1 fully saturated rings. The van der Waals surface area contributed by atoms with Gasteiger partial charge in [-0.05, 0) is 25.8 Å². The zero-order valence-electron chi connectivity index (χ0n) is 10.4. The maximum Gasteiger partial charge on any atom is 0.113 e. The number of aromatic nitrogens is 1. The summed E-state index contributed by atoms with van der Waals surface area (Å²) in [7, 11) is 0. The summed E-state index contributed by atoms with van der Waals surface area (Å²) < 4.78 is 11.8. The van der Waals surface area contributed by atoms with E-state index >= 15 is 0 Å². The van der Waals surface area contributed by atoms with E-state index in [0.29, 0.717) is 6.10 Å². The molecule has 1 aliphatic rings. The average molecular weight is 291 g/mol. The topological polar surface area (TPSA) is 43.4 Å².